The molecular weight excluding hydrogens is 188 g/mol. The van der Waals surface area contributed by atoms with Gasteiger partial charge in [-0.05, 0) is 37.6 Å². The number of rotatable bonds is 3. The van der Waals surface area contributed by atoms with Crippen LogP contribution in [0.15, 0.2) is 18.2 Å². The second kappa shape index (κ2) is 4.49. The number of ether oxygens (including phenoxy) is 1. The van der Waals surface area contributed by atoms with Crippen molar-refractivity contribution >= 4 is 11.6 Å². The van der Waals surface area contributed by atoms with Gasteiger partial charge in [0.25, 0.3) is 0 Å². The van der Waals surface area contributed by atoms with Gasteiger partial charge in [-0.15, -0.1) is 0 Å². The maximum absolute atomic E-state index is 8.91. The number of hydrogen-bond donors (Lipinski definition) is 1. The van der Waals surface area contributed by atoms with E-state index >= 15 is 0 Å². The number of aliphatic hydroxyl groups excluding tert-OH is 1. The summed E-state index contributed by atoms with van der Waals surface area (Å²) in [5.74, 6) is 0.701. The van der Waals surface area contributed by atoms with Crippen molar-refractivity contribution < 1.29 is 9.84 Å². The summed E-state index contributed by atoms with van der Waals surface area (Å²) in [5, 5.41) is 9.49. The molecule has 0 aliphatic carbocycles. The minimum Gasteiger partial charge on any atom is -0.491 e. The highest BCUT2D eigenvalue weighted by Crippen LogP contribution is 2.21. The summed E-state index contributed by atoms with van der Waals surface area (Å²) in [6.07, 6.45) is 0.116. The number of halogens is 1. The first-order chi connectivity index (χ1) is 6.11. The summed E-state index contributed by atoms with van der Waals surface area (Å²) >= 11 is 5.82. The molecule has 0 aliphatic rings. The van der Waals surface area contributed by atoms with Crippen LogP contribution in [0.1, 0.15) is 19.4 Å². The molecule has 0 saturated carbocycles. The van der Waals surface area contributed by atoms with E-state index in [0.29, 0.717) is 10.8 Å². The van der Waals surface area contributed by atoms with Gasteiger partial charge in [0.05, 0.1) is 12.7 Å². The Hall–Kier alpha value is -0.730. The zero-order chi connectivity index (χ0) is 9.84. The maximum Gasteiger partial charge on any atom is 0.121 e. The van der Waals surface area contributed by atoms with Crippen molar-refractivity contribution in [2.75, 3.05) is 0 Å². The van der Waals surface area contributed by atoms with Crippen molar-refractivity contribution in [2.24, 2.45) is 0 Å². The van der Waals surface area contributed by atoms with Crippen molar-refractivity contribution in [3.05, 3.63) is 28.8 Å². The molecule has 1 aromatic carbocycles. The van der Waals surface area contributed by atoms with Crippen LogP contribution in [0.25, 0.3) is 0 Å². The SMILES string of the molecule is CC(C)Oc1cc(Cl)cc(CO)c1. The molecule has 72 valence electrons. The Balaban J connectivity index is 2.88. The molecule has 0 heterocycles. The molecule has 0 amide bonds. The number of aliphatic hydroxyl groups is 1. The lowest BCUT2D eigenvalue weighted by molar-refractivity contribution is 0.240. The summed E-state index contributed by atoms with van der Waals surface area (Å²) in [6.45, 7) is 3.87. The van der Waals surface area contributed by atoms with Gasteiger partial charge in [0.15, 0.2) is 0 Å². The van der Waals surface area contributed by atoms with E-state index in [1.807, 2.05) is 13.8 Å². The van der Waals surface area contributed by atoms with E-state index < -0.39 is 0 Å². The first kappa shape index (κ1) is 10.4. The molecule has 0 bridgehead atoms. The van der Waals surface area contributed by atoms with Crippen LogP contribution in [0, 0.1) is 0 Å². The van der Waals surface area contributed by atoms with Crippen molar-refractivity contribution in [1.29, 1.82) is 0 Å². The molecule has 0 unspecified atom stereocenters. The van der Waals surface area contributed by atoms with E-state index in [4.69, 9.17) is 21.4 Å². The van der Waals surface area contributed by atoms with E-state index in [1.165, 1.54) is 0 Å². The molecule has 13 heavy (non-hydrogen) atoms. The van der Waals surface area contributed by atoms with E-state index in [2.05, 4.69) is 0 Å². The standard InChI is InChI=1S/C10H13ClO2/c1-7(2)13-10-4-8(6-12)3-9(11)5-10/h3-5,7,12H,6H2,1-2H3. The minimum atomic E-state index is -0.0188. The van der Waals surface area contributed by atoms with Crippen molar-refractivity contribution in [3.8, 4) is 5.75 Å². The monoisotopic (exact) mass is 200 g/mol. The molecule has 1 aromatic rings. The third-order valence-corrected chi connectivity index (χ3v) is 1.70. The summed E-state index contributed by atoms with van der Waals surface area (Å²) in [6, 6.07) is 5.24. The Morgan fingerprint density at radius 2 is 2.08 bits per heavy atom. The smallest absolute Gasteiger partial charge is 0.121 e. The molecule has 0 spiro atoms. The van der Waals surface area contributed by atoms with Gasteiger partial charge in [-0.2, -0.15) is 0 Å². The Morgan fingerprint density at radius 3 is 2.62 bits per heavy atom. The average molecular weight is 201 g/mol. The molecule has 3 heteroatoms. The van der Waals surface area contributed by atoms with E-state index in [9.17, 15) is 0 Å². The van der Waals surface area contributed by atoms with Gasteiger partial charge in [0.1, 0.15) is 5.75 Å². The second-order valence-corrected chi connectivity index (χ2v) is 3.56. The van der Waals surface area contributed by atoms with Gasteiger partial charge in [-0.3, -0.25) is 0 Å². The zero-order valence-electron chi connectivity index (χ0n) is 7.75. The lowest BCUT2D eigenvalue weighted by atomic mass is 10.2. The van der Waals surface area contributed by atoms with Crippen LogP contribution in [-0.4, -0.2) is 11.2 Å². The van der Waals surface area contributed by atoms with Gasteiger partial charge < -0.3 is 9.84 Å². The fraction of sp³-hybridized carbons (Fsp3) is 0.400. The van der Waals surface area contributed by atoms with E-state index in [0.717, 1.165) is 5.56 Å². The maximum atomic E-state index is 8.91. The first-order valence-electron chi connectivity index (χ1n) is 4.19. The Bertz CT molecular complexity index is 284. The van der Waals surface area contributed by atoms with Gasteiger partial charge in [0, 0.05) is 5.02 Å². The van der Waals surface area contributed by atoms with Gasteiger partial charge in [0.2, 0.25) is 0 Å². The third kappa shape index (κ3) is 3.25. The summed E-state index contributed by atoms with van der Waals surface area (Å²) in [4.78, 5) is 0. The molecule has 0 radical (unpaired) electrons. The predicted octanol–water partition coefficient (Wildman–Crippen LogP) is 2.62. The van der Waals surface area contributed by atoms with Crippen LogP contribution in [0.5, 0.6) is 5.75 Å². The van der Waals surface area contributed by atoms with Crippen LogP contribution >= 0.6 is 11.6 Å². The average Bonchev–Trinajstić information content (AvgIpc) is 2.01. The first-order valence-corrected chi connectivity index (χ1v) is 4.56. The van der Waals surface area contributed by atoms with Crippen LogP contribution < -0.4 is 4.74 Å². The van der Waals surface area contributed by atoms with Gasteiger partial charge in [-0.1, -0.05) is 11.6 Å². The Morgan fingerprint density at radius 1 is 1.38 bits per heavy atom. The highest BCUT2D eigenvalue weighted by Gasteiger charge is 2.01. The second-order valence-electron chi connectivity index (χ2n) is 3.12. The number of hydrogen-bond acceptors (Lipinski definition) is 2. The van der Waals surface area contributed by atoms with Crippen LogP contribution in [-0.2, 0) is 6.61 Å². The molecule has 2 nitrogen and oxygen atoms in total. The molecule has 0 aliphatic heterocycles. The molecule has 0 aromatic heterocycles. The molecule has 1 N–H and O–H groups in total. The normalized spacial score (nSPS) is 10.5. The fourth-order valence-corrected chi connectivity index (χ4v) is 1.30. The summed E-state index contributed by atoms with van der Waals surface area (Å²) < 4.78 is 5.44. The molecule has 0 atom stereocenters. The topological polar surface area (TPSA) is 29.5 Å². The summed E-state index contributed by atoms with van der Waals surface area (Å²) in [5.41, 5.74) is 0.767. The van der Waals surface area contributed by atoms with Crippen LogP contribution in [0.4, 0.5) is 0 Å². The molecular formula is C10H13ClO2. The zero-order valence-corrected chi connectivity index (χ0v) is 8.51. The van der Waals surface area contributed by atoms with E-state index in [-0.39, 0.29) is 12.7 Å². The highest BCUT2D eigenvalue weighted by atomic mass is 35.5. The van der Waals surface area contributed by atoms with E-state index in [1.54, 1.807) is 18.2 Å². The van der Waals surface area contributed by atoms with Gasteiger partial charge >= 0.3 is 0 Å². The highest BCUT2D eigenvalue weighted by molar-refractivity contribution is 6.30. The minimum absolute atomic E-state index is 0.0188. The largest absolute Gasteiger partial charge is 0.491 e. The van der Waals surface area contributed by atoms with Crippen LogP contribution in [0.3, 0.4) is 0 Å². The Labute approximate surface area is 83.1 Å². The Kier molecular flexibility index (Phi) is 3.58. The molecule has 1 rings (SSSR count). The lowest BCUT2D eigenvalue weighted by Crippen LogP contribution is -2.05. The lowest BCUT2D eigenvalue weighted by Gasteiger charge is -2.10. The molecule has 0 fully saturated rings. The van der Waals surface area contributed by atoms with Crippen molar-refractivity contribution in [2.45, 2.75) is 26.6 Å². The van der Waals surface area contributed by atoms with Crippen molar-refractivity contribution in [3.63, 3.8) is 0 Å². The van der Waals surface area contributed by atoms with Gasteiger partial charge in [-0.25, -0.2) is 0 Å². The fourth-order valence-electron chi connectivity index (χ4n) is 1.05. The summed E-state index contributed by atoms with van der Waals surface area (Å²) in [7, 11) is 0. The quantitative estimate of drug-likeness (QED) is 0.813. The number of benzene rings is 1. The third-order valence-electron chi connectivity index (χ3n) is 1.49. The molecule has 0 saturated heterocycles. The van der Waals surface area contributed by atoms with Crippen LogP contribution in [0.2, 0.25) is 5.02 Å². The van der Waals surface area contributed by atoms with Crippen molar-refractivity contribution in [1.82, 2.24) is 0 Å². The predicted molar refractivity (Wildman–Crippen MR) is 53.1 cm³/mol.